The van der Waals surface area contributed by atoms with Gasteiger partial charge in [0.25, 0.3) is 0 Å². The zero-order valence-corrected chi connectivity index (χ0v) is 11.1. The van der Waals surface area contributed by atoms with Gasteiger partial charge >= 0.3 is 5.97 Å². The zero-order valence-electron chi connectivity index (χ0n) is 10.3. The summed E-state index contributed by atoms with van der Waals surface area (Å²) < 4.78 is 17.9. The number of methoxy groups -OCH3 is 1. The molecule has 0 saturated heterocycles. The number of rotatable bonds is 5. The van der Waals surface area contributed by atoms with Gasteiger partial charge in [-0.05, 0) is 24.6 Å². The molecular formula is C13H15ClFNO2. The summed E-state index contributed by atoms with van der Waals surface area (Å²) in [4.78, 5) is 11.9. The van der Waals surface area contributed by atoms with Gasteiger partial charge in [0.2, 0.25) is 0 Å². The van der Waals surface area contributed by atoms with Gasteiger partial charge in [-0.25, -0.2) is 9.18 Å². The molecule has 0 radical (unpaired) electrons. The topological polar surface area (TPSA) is 38.3 Å². The Morgan fingerprint density at radius 3 is 2.83 bits per heavy atom. The van der Waals surface area contributed by atoms with Crippen LogP contribution in [-0.2, 0) is 15.1 Å². The lowest BCUT2D eigenvalue weighted by atomic mass is 9.92. The maximum absolute atomic E-state index is 13.1. The van der Waals surface area contributed by atoms with Crippen molar-refractivity contribution >= 4 is 17.6 Å². The third kappa shape index (κ3) is 2.89. The Morgan fingerprint density at radius 2 is 2.33 bits per heavy atom. The van der Waals surface area contributed by atoms with Gasteiger partial charge in [0, 0.05) is 6.54 Å². The Labute approximate surface area is 111 Å². The molecule has 0 amide bonds. The number of hydrogen-bond acceptors (Lipinski definition) is 3. The average molecular weight is 272 g/mol. The van der Waals surface area contributed by atoms with Crippen LogP contribution in [0.5, 0.6) is 0 Å². The zero-order chi connectivity index (χ0) is 13.8. The van der Waals surface area contributed by atoms with Crippen molar-refractivity contribution in [2.75, 3.05) is 13.7 Å². The Bertz CT molecular complexity index is 464. The first-order valence-electron chi connectivity index (χ1n) is 5.35. The lowest BCUT2D eigenvalue weighted by Gasteiger charge is -2.28. The van der Waals surface area contributed by atoms with Crippen LogP contribution in [0.15, 0.2) is 30.9 Å². The maximum atomic E-state index is 13.1. The molecule has 0 aliphatic rings. The van der Waals surface area contributed by atoms with Crippen LogP contribution >= 0.6 is 11.6 Å². The van der Waals surface area contributed by atoms with Crippen molar-refractivity contribution in [3.8, 4) is 0 Å². The van der Waals surface area contributed by atoms with Gasteiger partial charge in [-0.15, -0.1) is 6.58 Å². The fraction of sp³-hybridized carbons (Fsp3) is 0.308. The lowest BCUT2D eigenvalue weighted by molar-refractivity contribution is -0.148. The van der Waals surface area contributed by atoms with E-state index in [1.54, 1.807) is 13.0 Å². The van der Waals surface area contributed by atoms with E-state index in [2.05, 4.69) is 11.9 Å². The Morgan fingerprint density at radius 1 is 1.67 bits per heavy atom. The molecule has 0 aromatic heterocycles. The van der Waals surface area contributed by atoms with Crippen molar-refractivity contribution < 1.29 is 13.9 Å². The van der Waals surface area contributed by atoms with E-state index in [4.69, 9.17) is 16.3 Å². The van der Waals surface area contributed by atoms with Crippen LogP contribution < -0.4 is 5.32 Å². The van der Waals surface area contributed by atoms with Crippen LogP contribution in [-0.4, -0.2) is 19.6 Å². The summed E-state index contributed by atoms with van der Waals surface area (Å²) in [5.41, 5.74) is -0.567. The number of nitrogens with one attached hydrogen (secondary N) is 1. The highest BCUT2D eigenvalue weighted by molar-refractivity contribution is 6.30. The second kappa shape index (κ2) is 5.98. The first-order chi connectivity index (χ1) is 8.45. The van der Waals surface area contributed by atoms with E-state index in [1.165, 1.54) is 25.3 Å². The minimum atomic E-state index is -1.10. The molecule has 0 fully saturated rings. The largest absolute Gasteiger partial charge is 0.467 e. The molecule has 18 heavy (non-hydrogen) atoms. The number of benzene rings is 1. The molecule has 5 heteroatoms. The van der Waals surface area contributed by atoms with Gasteiger partial charge in [-0.3, -0.25) is 5.32 Å². The molecule has 1 aromatic carbocycles. The van der Waals surface area contributed by atoms with Crippen molar-refractivity contribution in [1.29, 1.82) is 0 Å². The molecule has 1 aromatic rings. The first-order valence-corrected chi connectivity index (χ1v) is 5.73. The molecule has 0 saturated carbocycles. The van der Waals surface area contributed by atoms with Crippen LogP contribution in [0.1, 0.15) is 12.5 Å². The quantitative estimate of drug-likeness (QED) is 0.661. The first kappa shape index (κ1) is 14.7. The highest BCUT2D eigenvalue weighted by Gasteiger charge is 2.36. The number of hydrogen-bond donors (Lipinski definition) is 1. The van der Waals surface area contributed by atoms with E-state index in [0.717, 1.165) is 0 Å². The van der Waals surface area contributed by atoms with E-state index in [0.29, 0.717) is 12.1 Å². The Balaban J connectivity index is 3.20. The van der Waals surface area contributed by atoms with Crippen LogP contribution in [0.4, 0.5) is 4.39 Å². The molecule has 0 bridgehead atoms. The van der Waals surface area contributed by atoms with E-state index in [-0.39, 0.29) is 5.02 Å². The van der Waals surface area contributed by atoms with Crippen LogP contribution in [0.3, 0.4) is 0 Å². The van der Waals surface area contributed by atoms with Gasteiger partial charge in [-0.2, -0.15) is 0 Å². The number of carbonyl (C=O) groups excluding carboxylic acids is 1. The second-order valence-electron chi connectivity index (χ2n) is 3.92. The fourth-order valence-corrected chi connectivity index (χ4v) is 1.76. The number of halogens is 2. The predicted molar refractivity (Wildman–Crippen MR) is 69.0 cm³/mol. The van der Waals surface area contributed by atoms with Crippen LogP contribution in [0.25, 0.3) is 0 Å². The number of ether oxygens (including phenoxy) is 1. The monoisotopic (exact) mass is 271 g/mol. The van der Waals surface area contributed by atoms with Crippen molar-refractivity contribution in [3.05, 3.63) is 47.3 Å². The van der Waals surface area contributed by atoms with Crippen molar-refractivity contribution in [1.82, 2.24) is 5.32 Å². The molecular weight excluding hydrogens is 257 g/mol. The molecule has 3 nitrogen and oxygen atoms in total. The standard InChI is InChI=1S/C13H15ClFNO2/c1-4-7-16-13(2,12(17)18-3)9-5-6-11(15)10(14)8-9/h4-6,8,16H,1,7H2,2-3H3. The van der Waals surface area contributed by atoms with Crippen molar-refractivity contribution in [2.24, 2.45) is 0 Å². The SMILES string of the molecule is C=CCNC(C)(C(=O)OC)c1ccc(F)c(Cl)c1. The summed E-state index contributed by atoms with van der Waals surface area (Å²) in [5.74, 6) is -1.01. The minimum absolute atomic E-state index is 0.0389. The van der Waals surface area contributed by atoms with E-state index in [9.17, 15) is 9.18 Å². The van der Waals surface area contributed by atoms with E-state index < -0.39 is 17.3 Å². The summed E-state index contributed by atoms with van der Waals surface area (Å²) in [5, 5.41) is 2.95. The second-order valence-corrected chi connectivity index (χ2v) is 4.32. The molecule has 0 aliphatic heterocycles. The summed E-state index contributed by atoms with van der Waals surface area (Å²) in [6.45, 7) is 5.62. The third-order valence-corrected chi connectivity index (χ3v) is 2.98. The van der Waals surface area contributed by atoms with E-state index in [1.807, 2.05) is 0 Å². The normalized spacial score (nSPS) is 13.8. The summed E-state index contributed by atoms with van der Waals surface area (Å²) in [7, 11) is 1.29. The summed E-state index contributed by atoms with van der Waals surface area (Å²) >= 11 is 5.73. The minimum Gasteiger partial charge on any atom is -0.467 e. The Kier molecular flexibility index (Phi) is 4.87. The molecule has 1 atom stereocenters. The van der Waals surface area contributed by atoms with Gasteiger partial charge in [0.1, 0.15) is 11.4 Å². The highest BCUT2D eigenvalue weighted by Crippen LogP contribution is 2.26. The molecule has 1 rings (SSSR count). The summed E-state index contributed by atoms with van der Waals surface area (Å²) in [6.07, 6.45) is 1.62. The molecule has 0 spiro atoms. The maximum Gasteiger partial charge on any atom is 0.330 e. The number of esters is 1. The van der Waals surface area contributed by atoms with Gasteiger partial charge in [0.05, 0.1) is 12.1 Å². The average Bonchev–Trinajstić information content (AvgIpc) is 2.38. The van der Waals surface area contributed by atoms with Gasteiger partial charge in [-0.1, -0.05) is 23.7 Å². The van der Waals surface area contributed by atoms with Crippen molar-refractivity contribution in [2.45, 2.75) is 12.5 Å². The fourth-order valence-electron chi connectivity index (χ4n) is 1.58. The summed E-state index contributed by atoms with van der Waals surface area (Å²) in [6, 6.07) is 4.12. The molecule has 98 valence electrons. The van der Waals surface area contributed by atoms with Gasteiger partial charge in [0.15, 0.2) is 0 Å². The highest BCUT2D eigenvalue weighted by atomic mass is 35.5. The smallest absolute Gasteiger partial charge is 0.330 e. The van der Waals surface area contributed by atoms with E-state index >= 15 is 0 Å². The molecule has 0 aliphatic carbocycles. The van der Waals surface area contributed by atoms with Crippen LogP contribution in [0.2, 0.25) is 5.02 Å². The number of carbonyl (C=O) groups is 1. The molecule has 1 N–H and O–H groups in total. The predicted octanol–water partition coefficient (Wildman–Crippen LogP) is 2.64. The molecule has 1 unspecified atom stereocenters. The Hall–Kier alpha value is -1.39. The lowest BCUT2D eigenvalue weighted by Crippen LogP contribution is -2.47. The third-order valence-electron chi connectivity index (χ3n) is 2.69. The molecule has 0 heterocycles. The van der Waals surface area contributed by atoms with Crippen molar-refractivity contribution in [3.63, 3.8) is 0 Å². The van der Waals surface area contributed by atoms with Gasteiger partial charge < -0.3 is 4.74 Å². The van der Waals surface area contributed by atoms with Crippen LogP contribution in [0, 0.1) is 5.82 Å².